The van der Waals surface area contributed by atoms with E-state index in [-0.39, 0.29) is 29.2 Å². The molecule has 2 aromatic carbocycles. The fourth-order valence-electron chi connectivity index (χ4n) is 3.78. The molecule has 2 aliphatic rings. The van der Waals surface area contributed by atoms with E-state index in [2.05, 4.69) is 16.0 Å². The van der Waals surface area contributed by atoms with E-state index in [0.717, 1.165) is 30.3 Å². The number of rotatable bonds is 5. The van der Waals surface area contributed by atoms with Crippen LogP contribution in [-0.4, -0.2) is 29.9 Å². The van der Waals surface area contributed by atoms with Crippen molar-refractivity contribution in [3.8, 4) is 11.1 Å². The summed E-state index contributed by atoms with van der Waals surface area (Å²) >= 11 is 0. The molecule has 2 fully saturated rings. The van der Waals surface area contributed by atoms with Crippen LogP contribution in [0, 0.1) is 11.7 Å². The first kappa shape index (κ1) is 20.8. The average molecular weight is 435 g/mol. The Morgan fingerprint density at radius 1 is 1.10 bits per heavy atom. The smallest absolute Gasteiger partial charge is 0.349 e. The Bertz CT molecular complexity index is 1060. The Labute approximate surface area is 174 Å². The Morgan fingerprint density at radius 2 is 1.77 bits per heavy atom. The van der Waals surface area contributed by atoms with Gasteiger partial charge in [0, 0.05) is 0 Å². The molecular formula is C21H17F4N3O3. The lowest BCUT2D eigenvalue weighted by Crippen LogP contribution is -2.57. The summed E-state index contributed by atoms with van der Waals surface area (Å²) in [5.41, 5.74) is -2.20. The number of hydrogen-bond acceptors (Lipinski definition) is 3. The molecule has 1 saturated heterocycles. The van der Waals surface area contributed by atoms with Crippen molar-refractivity contribution in [2.45, 2.75) is 24.6 Å². The highest BCUT2D eigenvalue weighted by Gasteiger charge is 2.56. The fourth-order valence-corrected chi connectivity index (χ4v) is 3.78. The molecule has 0 unspecified atom stereocenters. The molecule has 3 N–H and O–H groups in total. The Kier molecular flexibility index (Phi) is 4.95. The summed E-state index contributed by atoms with van der Waals surface area (Å²) in [6, 6.07) is 7.17. The number of amides is 4. The summed E-state index contributed by atoms with van der Waals surface area (Å²) in [6.45, 7) is -0.241. The van der Waals surface area contributed by atoms with Crippen LogP contribution in [0.4, 0.5) is 22.4 Å². The minimum absolute atomic E-state index is 0.103. The highest BCUT2D eigenvalue weighted by molar-refractivity contribution is 6.08. The maximum atomic E-state index is 14.6. The third-order valence-electron chi connectivity index (χ3n) is 5.53. The van der Waals surface area contributed by atoms with Gasteiger partial charge < -0.3 is 10.6 Å². The van der Waals surface area contributed by atoms with E-state index < -0.39 is 40.9 Å². The topological polar surface area (TPSA) is 87.3 Å². The molecule has 6 nitrogen and oxygen atoms in total. The zero-order valence-electron chi connectivity index (χ0n) is 16.0. The Balaban J connectivity index is 1.60. The van der Waals surface area contributed by atoms with Gasteiger partial charge >= 0.3 is 12.2 Å². The second kappa shape index (κ2) is 7.36. The largest absolute Gasteiger partial charge is 0.416 e. The SMILES string of the molecule is O=C1NC(=O)[C@](CNC(=O)c2c(F)cccc2-c2ccc(C(F)(F)F)cc2)(C2CC2)N1. The van der Waals surface area contributed by atoms with Crippen LogP contribution in [0.15, 0.2) is 42.5 Å². The fraction of sp³-hybridized carbons (Fsp3) is 0.286. The van der Waals surface area contributed by atoms with Crippen molar-refractivity contribution in [2.75, 3.05) is 6.54 Å². The van der Waals surface area contributed by atoms with Crippen LogP contribution >= 0.6 is 0 Å². The van der Waals surface area contributed by atoms with Gasteiger partial charge in [0.2, 0.25) is 0 Å². The molecule has 4 amide bonds. The number of imide groups is 1. The zero-order valence-corrected chi connectivity index (χ0v) is 16.0. The molecule has 0 aromatic heterocycles. The molecule has 1 aliphatic heterocycles. The quantitative estimate of drug-likeness (QED) is 0.498. The standard InChI is InChI=1S/C21H17F4N3O3/c22-15-3-1-2-14(11-4-6-13(7-5-11)21(23,24)25)16(15)17(29)26-10-20(12-8-9-12)18(30)27-19(31)28-20/h1-7,12H,8-10H2,(H,26,29)(H2,27,28,30,31)/t20-/m0/s1. The minimum atomic E-state index is -4.52. The van der Waals surface area contributed by atoms with Crippen molar-refractivity contribution in [1.29, 1.82) is 0 Å². The van der Waals surface area contributed by atoms with E-state index in [1.165, 1.54) is 12.1 Å². The first-order valence-corrected chi connectivity index (χ1v) is 9.50. The number of halogens is 4. The van der Waals surface area contributed by atoms with Gasteiger partial charge in [0.05, 0.1) is 17.7 Å². The molecule has 162 valence electrons. The van der Waals surface area contributed by atoms with Gasteiger partial charge in [-0.05, 0) is 48.1 Å². The van der Waals surface area contributed by atoms with E-state index in [4.69, 9.17) is 0 Å². The van der Waals surface area contributed by atoms with E-state index in [1.807, 2.05) is 0 Å². The van der Waals surface area contributed by atoms with Gasteiger partial charge in [-0.3, -0.25) is 14.9 Å². The molecule has 0 spiro atoms. The highest BCUT2D eigenvalue weighted by atomic mass is 19.4. The van der Waals surface area contributed by atoms with E-state index in [9.17, 15) is 31.9 Å². The van der Waals surface area contributed by atoms with E-state index in [1.54, 1.807) is 0 Å². The van der Waals surface area contributed by atoms with Gasteiger partial charge in [-0.1, -0.05) is 24.3 Å². The van der Waals surface area contributed by atoms with Crippen LogP contribution in [0.5, 0.6) is 0 Å². The lowest BCUT2D eigenvalue weighted by atomic mass is 9.92. The molecule has 1 saturated carbocycles. The van der Waals surface area contributed by atoms with Crippen LogP contribution in [0.25, 0.3) is 11.1 Å². The summed E-state index contributed by atoms with van der Waals surface area (Å²) in [6.07, 6.45) is -3.13. The number of hydrogen-bond donors (Lipinski definition) is 3. The van der Waals surface area contributed by atoms with Crippen molar-refractivity contribution in [2.24, 2.45) is 5.92 Å². The van der Waals surface area contributed by atoms with Crippen molar-refractivity contribution < 1.29 is 31.9 Å². The third kappa shape index (κ3) is 3.85. The summed E-state index contributed by atoms with van der Waals surface area (Å²) in [5.74, 6) is -2.41. The lowest BCUT2D eigenvalue weighted by molar-refractivity contribution is -0.137. The summed E-state index contributed by atoms with van der Waals surface area (Å²) in [5, 5.41) is 7.21. The van der Waals surface area contributed by atoms with Gasteiger partial charge in [-0.25, -0.2) is 9.18 Å². The molecule has 0 radical (unpaired) electrons. The van der Waals surface area contributed by atoms with Crippen molar-refractivity contribution >= 4 is 17.8 Å². The first-order chi connectivity index (χ1) is 14.6. The number of carbonyl (C=O) groups excluding carboxylic acids is 3. The third-order valence-corrected chi connectivity index (χ3v) is 5.53. The minimum Gasteiger partial charge on any atom is -0.349 e. The zero-order chi connectivity index (χ0) is 22.4. The predicted molar refractivity (Wildman–Crippen MR) is 101 cm³/mol. The maximum absolute atomic E-state index is 14.6. The van der Waals surface area contributed by atoms with Crippen LogP contribution in [0.3, 0.4) is 0 Å². The molecule has 1 aliphatic carbocycles. The van der Waals surface area contributed by atoms with Gasteiger partial charge in [-0.2, -0.15) is 13.2 Å². The predicted octanol–water partition coefficient (Wildman–Crippen LogP) is 3.23. The summed E-state index contributed by atoms with van der Waals surface area (Å²) in [7, 11) is 0. The lowest BCUT2D eigenvalue weighted by Gasteiger charge is -2.26. The van der Waals surface area contributed by atoms with Crippen molar-refractivity contribution in [3.05, 3.63) is 59.4 Å². The van der Waals surface area contributed by atoms with Crippen LogP contribution in [0.2, 0.25) is 0 Å². The molecular weight excluding hydrogens is 418 g/mol. The van der Waals surface area contributed by atoms with Crippen molar-refractivity contribution in [3.63, 3.8) is 0 Å². The Hall–Kier alpha value is -3.43. The van der Waals surface area contributed by atoms with Crippen LogP contribution < -0.4 is 16.0 Å². The number of alkyl halides is 3. The molecule has 1 heterocycles. The molecule has 4 rings (SSSR count). The van der Waals surface area contributed by atoms with E-state index >= 15 is 0 Å². The monoisotopic (exact) mass is 435 g/mol. The molecule has 2 aromatic rings. The highest BCUT2D eigenvalue weighted by Crippen LogP contribution is 2.41. The average Bonchev–Trinajstić information content (AvgIpc) is 3.51. The second-order valence-corrected chi connectivity index (χ2v) is 7.57. The summed E-state index contributed by atoms with van der Waals surface area (Å²) < 4.78 is 53.0. The number of benzene rings is 2. The van der Waals surface area contributed by atoms with Gasteiger partial charge in [0.15, 0.2) is 0 Å². The summed E-state index contributed by atoms with van der Waals surface area (Å²) in [4.78, 5) is 36.7. The van der Waals surface area contributed by atoms with Crippen LogP contribution in [-0.2, 0) is 11.0 Å². The maximum Gasteiger partial charge on any atom is 0.416 e. The second-order valence-electron chi connectivity index (χ2n) is 7.57. The normalized spacial score (nSPS) is 20.9. The number of nitrogens with one attached hydrogen (secondary N) is 3. The molecule has 31 heavy (non-hydrogen) atoms. The number of urea groups is 1. The molecule has 10 heteroatoms. The van der Waals surface area contributed by atoms with Crippen LogP contribution in [0.1, 0.15) is 28.8 Å². The Morgan fingerprint density at radius 3 is 2.32 bits per heavy atom. The van der Waals surface area contributed by atoms with Gasteiger partial charge in [0.1, 0.15) is 11.4 Å². The molecule has 1 atom stereocenters. The first-order valence-electron chi connectivity index (χ1n) is 9.50. The van der Waals surface area contributed by atoms with Gasteiger partial charge in [0.25, 0.3) is 11.8 Å². The van der Waals surface area contributed by atoms with E-state index in [0.29, 0.717) is 12.8 Å². The van der Waals surface area contributed by atoms with Crippen molar-refractivity contribution in [1.82, 2.24) is 16.0 Å². The number of carbonyl (C=O) groups is 3. The molecule has 0 bridgehead atoms. The van der Waals surface area contributed by atoms with Gasteiger partial charge in [-0.15, -0.1) is 0 Å².